The fraction of sp³-hybridized carbons (Fsp3) is 0.447. The van der Waals surface area contributed by atoms with Crippen LogP contribution in [0.3, 0.4) is 0 Å². The maximum atomic E-state index is 14.5. The van der Waals surface area contributed by atoms with Gasteiger partial charge < -0.3 is 29.6 Å². The molecule has 17 heteroatoms. The van der Waals surface area contributed by atoms with Crippen molar-refractivity contribution >= 4 is 36.9 Å². The van der Waals surface area contributed by atoms with Crippen molar-refractivity contribution in [2.24, 2.45) is 0 Å². The van der Waals surface area contributed by atoms with E-state index in [1.165, 1.54) is 42.3 Å². The van der Waals surface area contributed by atoms with Gasteiger partial charge in [0, 0.05) is 6.42 Å². The van der Waals surface area contributed by atoms with E-state index >= 15 is 0 Å². The lowest BCUT2D eigenvalue weighted by Gasteiger charge is -2.31. The Bertz CT molecular complexity index is 1960. The van der Waals surface area contributed by atoms with Gasteiger partial charge in [-0.2, -0.15) is 19.4 Å². The number of terminal acetylenes is 1. The largest absolute Gasteiger partial charge is 0.508 e. The van der Waals surface area contributed by atoms with Gasteiger partial charge in [-0.15, -0.1) is 6.42 Å². The lowest BCUT2D eigenvalue weighted by atomic mass is 9.99. The number of para-hydroxylation sites is 1. The Labute approximate surface area is 318 Å². The number of nitrogen functional groups attached to an aromatic ring is 1. The maximum absolute atomic E-state index is 14.5. The van der Waals surface area contributed by atoms with Gasteiger partial charge in [0.25, 0.3) is 0 Å². The number of aromatic nitrogens is 4. The molecular formula is C38H46FN6O9P. The molecule has 1 aliphatic heterocycles. The molecule has 2 aromatic heterocycles. The van der Waals surface area contributed by atoms with E-state index in [9.17, 15) is 23.7 Å². The van der Waals surface area contributed by atoms with E-state index in [0.717, 1.165) is 25.7 Å². The molecule has 4 N–H and O–H groups in total. The lowest BCUT2D eigenvalue weighted by molar-refractivity contribution is -0.139. The lowest BCUT2D eigenvalue weighted by Crippen LogP contribution is -2.46. The Morgan fingerprint density at radius 3 is 2.44 bits per heavy atom. The number of hydrogen-bond donors (Lipinski definition) is 3. The number of nitrogens with one attached hydrogen (secondary N) is 1. The second-order valence-electron chi connectivity index (χ2n) is 13.1. The van der Waals surface area contributed by atoms with Crippen molar-refractivity contribution in [3.8, 4) is 18.1 Å². The maximum Gasteiger partial charge on any atom is 0.508 e. The number of carbonyl (C=O) groups excluding carboxylic acids is 1. The van der Waals surface area contributed by atoms with Gasteiger partial charge in [-0.05, 0) is 30.5 Å². The Morgan fingerprint density at radius 2 is 1.76 bits per heavy atom. The monoisotopic (exact) mass is 780 g/mol. The van der Waals surface area contributed by atoms with E-state index in [-0.39, 0.29) is 42.2 Å². The van der Waals surface area contributed by atoms with Gasteiger partial charge in [0.1, 0.15) is 24.6 Å². The van der Waals surface area contributed by atoms with Crippen molar-refractivity contribution in [1.82, 2.24) is 24.6 Å². The molecule has 0 spiro atoms. The minimum absolute atomic E-state index is 0.0234. The zero-order chi connectivity index (χ0) is 39.3. The van der Waals surface area contributed by atoms with Crippen LogP contribution in [0.25, 0.3) is 11.2 Å². The van der Waals surface area contributed by atoms with Gasteiger partial charge in [-0.1, -0.05) is 106 Å². The normalized spacial score (nSPS) is 19.7. The number of nitrogens with zero attached hydrogens (tertiary/aromatic N) is 4. The number of carboxylic acids is 1. The highest BCUT2D eigenvalue weighted by Crippen LogP contribution is 2.48. The van der Waals surface area contributed by atoms with Crippen LogP contribution in [0.2, 0.25) is 0 Å². The van der Waals surface area contributed by atoms with E-state index in [1.807, 2.05) is 0 Å². The number of rotatable bonds is 21. The van der Waals surface area contributed by atoms with Crippen LogP contribution in [0.4, 0.5) is 15.0 Å². The zero-order valence-electron chi connectivity index (χ0n) is 30.6. The van der Waals surface area contributed by atoms with Crippen LogP contribution in [0.5, 0.6) is 5.75 Å². The first-order valence-electron chi connectivity index (χ1n) is 18.2. The Balaban J connectivity index is 1.37. The van der Waals surface area contributed by atoms with Gasteiger partial charge in [0.05, 0.1) is 12.9 Å². The molecule has 1 fully saturated rings. The third kappa shape index (κ3) is 11.2. The average molecular weight is 781 g/mol. The fourth-order valence-corrected chi connectivity index (χ4v) is 7.66. The molecule has 2 aromatic carbocycles. The van der Waals surface area contributed by atoms with Crippen molar-refractivity contribution in [2.45, 2.75) is 95.1 Å². The zero-order valence-corrected chi connectivity index (χ0v) is 31.4. The predicted octanol–water partition coefficient (Wildman–Crippen LogP) is 6.99. The molecule has 0 bridgehead atoms. The summed E-state index contributed by atoms with van der Waals surface area (Å²) in [7, 11) is -4.61. The second kappa shape index (κ2) is 19.5. The summed E-state index contributed by atoms with van der Waals surface area (Å²) in [5.74, 6) is 1.05. The Hall–Kier alpha value is -5.07. The van der Waals surface area contributed by atoms with Gasteiger partial charge in [-0.3, -0.25) is 13.9 Å². The highest BCUT2D eigenvalue weighted by molar-refractivity contribution is 7.52. The van der Waals surface area contributed by atoms with Crippen LogP contribution in [0.15, 0.2) is 67.0 Å². The van der Waals surface area contributed by atoms with Crippen molar-refractivity contribution in [3.63, 3.8) is 0 Å². The van der Waals surface area contributed by atoms with Crippen LogP contribution in [0, 0.1) is 18.4 Å². The molecule has 0 amide bonds. The molecule has 0 aliphatic carbocycles. The van der Waals surface area contributed by atoms with Crippen LogP contribution >= 0.6 is 7.75 Å². The van der Waals surface area contributed by atoms with Crippen molar-refractivity contribution in [1.29, 1.82) is 0 Å². The Morgan fingerprint density at radius 1 is 1.09 bits per heavy atom. The summed E-state index contributed by atoms with van der Waals surface area (Å²) in [5, 5.41) is 12.7. The highest BCUT2D eigenvalue weighted by Gasteiger charge is 2.53. The molecule has 0 saturated carbocycles. The summed E-state index contributed by atoms with van der Waals surface area (Å²) in [6.45, 7) is 1.54. The number of anilines is 1. The average Bonchev–Trinajstić information content (AvgIpc) is 3.75. The van der Waals surface area contributed by atoms with E-state index < -0.39 is 56.5 Å². The number of carboxylic acid groups (broad SMARTS) is 1. The standard InChI is InChI=1S/C38H46FN6O9P/c1-3-5-6-7-8-9-10-17-22-50-37(48)52-30-24-31(45-26-41-32-33(40)42-36(39)43-34(32)45)53-38(30,4-2)25-51-55(49,54-28-20-15-12-16-21-28)44-29(35(46)47)23-27-18-13-11-14-19-27/h2,11-16,18-21,26,29-31H,3,5-10,17,22-25H2,1H3,(H,44,49)(H,46,47)(H2,40,42,43)/t29?,30-,31+,38+,55-/m0/s1. The minimum Gasteiger partial charge on any atom is -0.480 e. The molecule has 1 saturated heterocycles. The summed E-state index contributed by atoms with van der Waals surface area (Å²) in [6, 6.07) is 15.3. The van der Waals surface area contributed by atoms with Crippen LogP contribution in [-0.4, -0.2) is 67.7 Å². The first-order chi connectivity index (χ1) is 26.5. The number of fused-ring (bicyclic) bond motifs is 1. The molecule has 55 heavy (non-hydrogen) atoms. The second-order valence-corrected chi connectivity index (χ2v) is 14.8. The van der Waals surface area contributed by atoms with Crippen LogP contribution < -0.4 is 15.3 Å². The van der Waals surface area contributed by atoms with Crippen molar-refractivity contribution < 1.29 is 46.9 Å². The number of unbranched alkanes of at least 4 members (excludes halogenated alkanes) is 7. The van der Waals surface area contributed by atoms with Crippen LogP contribution in [0.1, 0.15) is 76.5 Å². The smallest absolute Gasteiger partial charge is 0.480 e. The molecular weight excluding hydrogens is 734 g/mol. The van der Waals surface area contributed by atoms with Gasteiger partial charge in [0.15, 0.2) is 28.7 Å². The molecule has 0 radical (unpaired) electrons. The first kappa shape index (κ1) is 41.1. The molecule has 15 nitrogen and oxygen atoms in total. The highest BCUT2D eigenvalue weighted by atomic mass is 31.2. The fourth-order valence-electron chi connectivity index (χ4n) is 6.13. The SMILES string of the molecule is C#C[C@]1(CO[P@@](=O)(NC(Cc2ccccc2)C(=O)O)Oc2ccccc2)O[C@@H](n2cnc3c(N)nc(F)nc32)C[C@@H]1OC(=O)OCCCCCCCCCC. The summed E-state index contributed by atoms with van der Waals surface area (Å²) in [6.07, 6.45) is 11.0. The predicted molar refractivity (Wildman–Crippen MR) is 200 cm³/mol. The number of ether oxygens (including phenoxy) is 3. The number of halogens is 1. The number of benzene rings is 2. The van der Waals surface area contributed by atoms with Gasteiger partial charge >= 0.3 is 25.9 Å². The molecule has 1 unspecified atom stereocenters. The first-order valence-corrected chi connectivity index (χ1v) is 19.8. The number of aliphatic carboxylic acids is 1. The topological polar surface area (TPSA) is 199 Å². The van der Waals surface area contributed by atoms with E-state index in [4.69, 9.17) is 35.4 Å². The number of nitrogens with two attached hydrogens (primary N) is 1. The van der Waals surface area contributed by atoms with Gasteiger partial charge in [0.2, 0.25) is 0 Å². The van der Waals surface area contributed by atoms with Gasteiger partial charge in [-0.25, -0.2) is 14.3 Å². The van der Waals surface area contributed by atoms with E-state index in [1.54, 1.807) is 48.5 Å². The Kier molecular flexibility index (Phi) is 14.6. The van der Waals surface area contributed by atoms with Crippen molar-refractivity contribution in [3.05, 3.63) is 78.6 Å². The summed E-state index contributed by atoms with van der Waals surface area (Å²) >= 11 is 0. The minimum atomic E-state index is -4.61. The molecule has 5 rings (SSSR count). The third-order valence-corrected chi connectivity index (χ3v) is 10.6. The molecule has 1 aliphatic rings. The number of imidazole rings is 1. The quantitative estimate of drug-likeness (QED) is 0.0257. The van der Waals surface area contributed by atoms with Crippen molar-refractivity contribution in [2.75, 3.05) is 18.9 Å². The van der Waals surface area contributed by atoms with E-state index in [2.05, 4.69) is 32.9 Å². The summed E-state index contributed by atoms with van der Waals surface area (Å²) < 4.78 is 59.3. The number of hydrogen-bond acceptors (Lipinski definition) is 12. The molecule has 5 atom stereocenters. The third-order valence-electron chi connectivity index (χ3n) is 9.03. The molecule has 3 heterocycles. The summed E-state index contributed by atoms with van der Waals surface area (Å²) in [5.41, 5.74) is 4.61. The summed E-state index contributed by atoms with van der Waals surface area (Å²) in [4.78, 5) is 37.0. The molecule has 294 valence electrons. The van der Waals surface area contributed by atoms with Crippen LogP contribution in [-0.2, 0) is 34.5 Å². The molecule has 4 aromatic rings. The number of carbonyl (C=O) groups is 2. The van der Waals surface area contributed by atoms with E-state index in [0.29, 0.717) is 12.0 Å².